The van der Waals surface area contributed by atoms with Gasteiger partial charge in [-0.15, -0.1) is 10.2 Å². The van der Waals surface area contributed by atoms with E-state index in [0.29, 0.717) is 0 Å². The van der Waals surface area contributed by atoms with Gasteiger partial charge in [-0.2, -0.15) is 13.2 Å². The Morgan fingerprint density at radius 3 is 2.64 bits per heavy atom. The maximum atomic E-state index is 10.6. The summed E-state index contributed by atoms with van der Waals surface area (Å²) in [4.78, 5) is 17.1. The first-order chi connectivity index (χ1) is 15.8. The number of nitrogens with zero attached hydrogens (tertiary/aromatic N) is 4. The van der Waals surface area contributed by atoms with E-state index in [1.165, 1.54) is 23.3 Å². The molecular weight excluding hydrogens is 459 g/mol. The molecule has 0 atom stereocenters. The van der Waals surface area contributed by atoms with Crippen molar-refractivity contribution < 1.29 is 27.5 Å². The fourth-order valence-corrected chi connectivity index (χ4v) is 3.62. The number of oxazole rings is 1. The van der Waals surface area contributed by atoms with Gasteiger partial charge in [0.15, 0.2) is 12.2 Å². The smallest absolute Gasteiger partial charge is 0.475 e. The van der Waals surface area contributed by atoms with Crippen LogP contribution in [-0.2, 0) is 11.3 Å². The standard InChI is InChI=1S/C19H13N5OS.C2HF3O2/c1-2-12(17-10-21-11-25-17)6-13(3-1)18-23-24-19(26-18)22-16-5-4-14-8-20-9-15(14)7-16;3-2(4,5)1(6)7/h1-7,9-11H,8H2,(H,22,24);(H,6,7). The van der Waals surface area contributed by atoms with E-state index in [1.807, 2.05) is 36.5 Å². The first-order valence-corrected chi connectivity index (χ1v) is 10.1. The van der Waals surface area contributed by atoms with E-state index in [1.54, 1.807) is 6.20 Å². The van der Waals surface area contributed by atoms with Gasteiger partial charge < -0.3 is 14.8 Å². The van der Waals surface area contributed by atoms with E-state index in [-0.39, 0.29) is 0 Å². The number of anilines is 2. The Balaban J connectivity index is 0.000000325. The molecule has 4 aromatic rings. The van der Waals surface area contributed by atoms with E-state index in [9.17, 15) is 13.2 Å². The zero-order valence-corrected chi connectivity index (χ0v) is 17.4. The number of rotatable bonds is 4. The third kappa shape index (κ3) is 5.41. The van der Waals surface area contributed by atoms with Gasteiger partial charge in [0.05, 0.1) is 12.7 Å². The molecule has 0 unspecified atom stereocenters. The molecule has 2 N–H and O–H groups in total. The highest BCUT2D eigenvalue weighted by molar-refractivity contribution is 7.18. The summed E-state index contributed by atoms with van der Waals surface area (Å²) in [5.41, 5.74) is 5.33. The lowest BCUT2D eigenvalue weighted by atomic mass is 10.1. The third-order valence-corrected chi connectivity index (χ3v) is 5.27. The SMILES string of the molecule is C1=NCc2ccc(Nc3nnc(-c4cccc(-c5cnco5)c4)s3)cc21.O=C(O)C(F)(F)F. The molecule has 0 bridgehead atoms. The fourth-order valence-electron chi connectivity index (χ4n) is 2.86. The van der Waals surface area contributed by atoms with Crippen LogP contribution >= 0.6 is 11.3 Å². The molecular formula is C21H14F3N5O3S. The molecule has 5 rings (SSSR count). The van der Waals surface area contributed by atoms with Crippen molar-refractivity contribution in [1.82, 2.24) is 15.2 Å². The first-order valence-electron chi connectivity index (χ1n) is 9.32. The van der Waals surface area contributed by atoms with Crippen molar-refractivity contribution in [3.8, 4) is 21.9 Å². The molecule has 0 fully saturated rings. The predicted molar refractivity (Wildman–Crippen MR) is 116 cm³/mol. The number of aliphatic carboxylic acids is 1. The molecule has 1 aliphatic heterocycles. The van der Waals surface area contributed by atoms with Gasteiger partial charge in [0.1, 0.15) is 5.01 Å². The van der Waals surface area contributed by atoms with Crippen molar-refractivity contribution in [2.75, 3.05) is 5.32 Å². The van der Waals surface area contributed by atoms with Gasteiger partial charge in [-0.3, -0.25) is 4.99 Å². The third-order valence-electron chi connectivity index (χ3n) is 4.38. The molecule has 0 spiro atoms. The molecule has 0 amide bonds. The number of alkyl halides is 3. The van der Waals surface area contributed by atoms with Gasteiger partial charge >= 0.3 is 12.1 Å². The highest BCUT2D eigenvalue weighted by Crippen LogP contribution is 2.31. The minimum absolute atomic E-state index is 0.731. The zero-order chi connectivity index (χ0) is 23.4. The zero-order valence-electron chi connectivity index (χ0n) is 16.6. The molecule has 12 heteroatoms. The summed E-state index contributed by atoms with van der Waals surface area (Å²) in [6.07, 6.45) is -0.0549. The lowest BCUT2D eigenvalue weighted by Crippen LogP contribution is -2.21. The summed E-state index contributed by atoms with van der Waals surface area (Å²) in [5, 5.41) is 20.6. The summed E-state index contributed by atoms with van der Waals surface area (Å²) in [5.74, 6) is -2.03. The van der Waals surface area contributed by atoms with Crippen LogP contribution in [0.1, 0.15) is 11.1 Å². The van der Waals surface area contributed by atoms with Crippen LogP contribution in [0.4, 0.5) is 24.0 Å². The van der Waals surface area contributed by atoms with E-state index < -0.39 is 12.1 Å². The quantitative estimate of drug-likeness (QED) is 0.420. The Bertz CT molecular complexity index is 1300. The number of hydrogen-bond acceptors (Lipinski definition) is 8. The number of aromatic nitrogens is 3. The molecule has 3 heterocycles. The summed E-state index contributed by atoms with van der Waals surface area (Å²) in [6, 6.07) is 14.2. The van der Waals surface area contributed by atoms with E-state index in [0.717, 1.165) is 44.8 Å². The van der Waals surface area contributed by atoms with E-state index in [2.05, 4.69) is 37.6 Å². The van der Waals surface area contributed by atoms with Gasteiger partial charge in [0.25, 0.3) is 0 Å². The predicted octanol–water partition coefficient (Wildman–Crippen LogP) is 5.17. The second-order valence-electron chi connectivity index (χ2n) is 6.67. The Kier molecular flexibility index (Phi) is 6.18. The number of halogens is 3. The molecule has 0 radical (unpaired) electrons. The van der Waals surface area contributed by atoms with Crippen LogP contribution < -0.4 is 5.32 Å². The van der Waals surface area contributed by atoms with Gasteiger partial charge in [-0.05, 0) is 29.3 Å². The van der Waals surface area contributed by atoms with Crippen molar-refractivity contribution >= 4 is 34.3 Å². The Morgan fingerprint density at radius 1 is 1.12 bits per heavy atom. The maximum absolute atomic E-state index is 10.6. The van der Waals surface area contributed by atoms with Crippen LogP contribution in [0.3, 0.4) is 0 Å². The maximum Gasteiger partial charge on any atom is 0.490 e. The van der Waals surface area contributed by atoms with Crippen LogP contribution in [0, 0.1) is 0 Å². The van der Waals surface area contributed by atoms with Gasteiger partial charge in [-0.25, -0.2) is 9.78 Å². The number of nitrogens with one attached hydrogen (secondary N) is 1. The number of carboxylic acid groups (broad SMARTS) is 1. The van der Waals surface area contributed by atoms with Crippen LogP contribution in [0.2, 0.25) is 0 Å². The number of benzene rings is 2. The normalized spacial score (nSPS) is 12.1. The second-order valence-corrected chi connectivity index (χ2v) is 7.65. The van der Waals surface area contributed by atoms with Crippen LogP contribution in [-0.4, -0.2) is 38.6 Å². The summed E-state index contributed by atoms with van der Waals surface area (Å²) in [7, 11) is 0. The minimum atomic E-state index is -5.08. The highest BCUT2D eigenvalue weighted by atomic mass is 32.1. The molecule has 1 aliphatic rings. The first kappa shape index (κ1) is 22.1. The number of hydrogen-bond donors (Lipinski definition) is 2. The molecule has 33 heavy (non-hydrogen) atoms. The average Bonchev–Trinajstić information content (AvgIpc) is 3.55. The van der Waals surface area contributed by atoms with Crippen molar-refractivity contribution in [2.24, 2.45) is 4.99 Å². The summed E-state index contributed by atoms with van der Waals surface area (Å²) >= 11 is 1.51. The molecule has 0 saturated heterocycles. The number of carboxylic acids is 1. The summed E-state index contributed by atoms with van der Waals surface area (Å²) in [6.45, 7) is 0.764. The Morgan fingerprint density at radius 2 is 1.91 bits per heavy atom. The lowest BCUT2D eigenvalue weighted by Gasteiger charge is -2.04. The molecule has 168 valence electrons. The lowest BCUT2D eigenvalue weighted by molar-refractivity contribution is -0.192. The number of carbonyl (C=O) groups is 1. The summed E-state index contributed by atoms with van der Waals surface area (Å²) < 4.78 is 37.1. The topological polar surface area (TPSA) is 114 Å². The van der Waals surface area contributed by atoms with Gasteiger partial charge in [0.2, 0.25) is 5.13 Å². The van der Waals surface area contributed by atoms with Crippen LogP contribution in [0.15, 0.2) is 64.5 Å². The Hall–Kier alpha value is -4.06. The van der Waals surface area contributed by atoms with E-state index >= 15 is 0 Å². The van der Waals surface area contributed by atoms with Gasteiger partial charge in [0, 0.05) is 23.0 Å². The molecule has 2 aromatic heterocycles. The Labute approximate surface area is 188 Å². The van der Waals surface area contributed by atoms with Crippen molar-refractivity contribution in [3.05, 3.63) is 66.2 Å². The van der Waals surface area contributed by atoms with Crippen molar-refractivity contribution in [3.63, 3.8) is 0 Å². The fraction of sp³-hybridized carbons (Fsp3) is 0.0952. The number of fused-ring (bicyclic) bond motifs is 1. The van der Waals surface area contributed by atoms with Crippen LogP contribution in [0.5, 0.6) is 0 Å². The molecule has 0 aliphatic carbocycles. The van der Waals surface area contributed by atoms with Crippen molar-refractivity contribution in [1.29, 1.82) is 0 Å². The van der Waals surface area contributed by atoms with Crippen LogP contribution in [0.25, 0.3) is 21.9 Å². The largest absolute Gasteiger partial charge is 0.490 e. The average molecular weight is 473 g/mol. The second kappa shape index (κ2) is 9.20. The number of aliphatic imine (C=N–C) groups is 1. The van der Waals surface area contributed by atoms with E-state index in [4.69, 9.17) is 14.3 Å². The molecule has 2 aromatic carbocycles. The monoisotopic (exact) mass is 473 g/mol. The molecule has 8 nitrogen and oxygen atoms in total. The highest BCUT2D eigenvalue weighted by Gasteiger charge is 2.38. The van der Waals surface area contributed by atoms with Gasteiger partial charge in [-0.1, -0.05) is 35.6 Å². The minimum Gasteiger partial charge on any atom is -0.475 e. The molecule has 0 saturated carbocycles. The van der Waals surface area contributed by atoms with Crippen molar-refractivity contribution in [2.45, 2.75) is 12.7 Å².